The third-order valence-corrected chi connectivity index (χ3v) is 2.99. The Labute approximate surface area is 119 Å². The van der Waals surface area contributed by atoms with Gasteiger partial charge in [-0.25, -0.2) is 0 Å². The zero-order chi connectivity index (χ0) is 14.4. The SMILES string of the molecule is COCC(CCl)NC(=O)c1c(Cl)cccc1[N+](=O)[O-]. The first-order chi connectivity index (χ1) is 9.01. The lowest BCUT2D eigenvalue weighted by molar-refractivity contribution is -0.385. The van der Waals surface area contributed by atoms with Crippen molar-refractivity contribution in [1.29, 1.82) is 0 Å². The highest BCUT2D eigenvalue weighted by atomic mass is 35.5. The van der Waals surface area contributed by atoms with Crippen molar-refractivity contribution < 1.29 is 14.5 Å². The van der Waals surface area contributed by atoms with Crippen LogP contribution in [0.15, 0.2) is 18.2 Å². The molecule has 0 radical (unpaired) electrons. The highest BCUT2D eigenvalue weighted by Crippen LogP contribution is 2.26. The van der Waals surface area contributed by atoms with Crippen LogP contribution < -0.4 is 5.32 Å². The lowest BCUT2D eigenvalue weighted by Gasteiger charge is -2.15. The Hall–Kier alpha value is -1.37. The molecule has 0 saturated heterocycles. The van der Waals surface area contributed by atoms with Crippen LogP contribution in [-0.2, 0) is 4.74 Å². The molecule has 0 fully saturated rings. The van der Waals surface area contributed by atoms with E-state index in [0.29, 0.717) is 0 Å². The van der Waals surface area contributed by atoms with E-state index in [1.807, 2.05) is 0 Å². The van der Waals surface area contributed by atoms with Gasteiger partial charge in [0.2, 0.25) is 0 Å². The molecule has 0 aliphatic heterocycles. The third kappa shape index (κ3) is 4.05. The standard InChI is InChI=1S/C11H12Cl2N2O4/c1-19-6-7(5-12)14-11(16)10-8(13)3-2-4-9(10)15(17)18/h2-4,7H,5-6H2,1H3,(H,14,16). The first-order valence-corrected chi connectivity index (χ1v) is 6.21. The summed E-state index contributed by atoms with van der Waals surface area (Å²) >= 11 is 11.5. The number of nitrogens with zero attached hydrogens (tertiary/aromatic N) is 1. The van der Waals surface area contributed by atoms with Crippen molar-refractivity contribution in [1.82, 2.24) is 5.32 Å². The topological polar surface area (TPSA) is 81.5 Å². The van der Waals surface area contributed by atoms with E-state index in [0.717, 1.165) is 0 Å². The van der Waals surface area contributed by atoms with E-state index < -0.39 is 16.9 Å². The molecule has 1 N–H and O–H groups in total. The largest absolute Gasteiger partial charge is 0.383 e. The Balaban J connectivity index is 3.02. The molecule has 0 spiro atoms. The number of carbonyl (C=O) groups excluding carboxylic acids is 1. The molecule has 104 valence electrons. The fraction of sp³-hybridized carbons (Fsp3) is 0.364. The molecule has 0 bridgehead atoms. The van der Waals surface area contributed by atoms with Crippen molar-refractivity contribution in [3.8, 4) is 0 Å². The van der Waals surface area contributed by atoms with Crippen molar-refractivity contribution in [2.75, 3.05) is 19.6 Å². The third-order valence-electron chi connectivity index (χ3n) is 2.30. The molecule has 1 rings (SSSR count). The number of benzene rings is 1. The van der Waals surface area contributed by atoms with Crippen LogP contribution in [0, 0.1) is 10.1 Å². The second kappa shape index (κ2) is 7.28. The molecule has 1 unspecified atom stereocenters. The van der Waals surface area contributed by atoms with E-state index in [4.69, 9.17) is 27.9 Å². The summed E-state index contributed by atoms with van der Waals surface area (Å²) in [6, 6.07) is 3.59. The minimum Gasteiger partial charge on any atom is -0.383 e. The maximum Gasteiger partial charge on any atom is 0.283 e. The van der Waals surface area contributed by atoms with Crippen LogP contribution in [0.5, 0.6) is 0 Å². The number of alkyl halides is 1. The normalized spacial score (nSPS) is 11.9. The molecular weight excluding hydrogens is 295 g/mol. The number of nitro benzene ring substituents is 1. The molecule has 0 aliphatic rings. The molecule has 8 heteroatoms. The van der Waals surface area contributed by atoms with Crippen molar-refractivity contribution >= 4 is 34.8 Å². The quantitative estimate of drug-likeness (QED) is 0.496. The monoisotopic (exact) mass is 306 g/mol. The van der Waals surface area contributed by atoms with Gasteiger partial charge in [0, 0.05) is 19.1 Å². The second-order valence-electron chi connectivity index (χ2n) is 3.67. The number of halogens is 2. The molecule has 19 heavy (non-hydrogen) atoms. The maximum atomic E-state index is 12.0. The number of methoxy groups -OCH3 is 1. The minimum absolute atomic E-state index is 0.0115. The van der Waals surface area contributed by atoms with E-state index in [1.165, 1.54) is 25.3 Å². The zero-order valence-corrected chi connectivity index (χ0v) is 11.6. The van der Waals surface area contributed by atoms with Crippen LogP contribution in [0.3, 0.4) is 0 Å². The molecule has 1 atom stereocenters. The molecule has 6 nitrogen and oxygen atoms in total. The van der Waals surface area contributed by atoms with Crippen LogP contribution in [0.2, 0.25) is 5.02 Å². The van der Waals surface area contributed by atoms with Crippen LogP contribution >= 0.6 is 23.2 Å². The van der Waals surface area contributed by atoms with Gasteiger partial charge in [0.25, 0.3) is 11.6 Å². The lowest BCUT2D eigenvalue weighted by Crippen LogP contribution is -2.39. The molecule has 0 saturated carbocycles. The smallest absolute Gasteiger partial charge is 0.283 e. The molecule has 0 aromatic heterocycles. The van der Waals surface area contributed by atoms with Gasteiger partial charge in [0.05, 0.1) is 22.6 Å². The van der Waals surface area contributed by atoms with Gasteiger partial charge in [0.1, 0.15) is 5.56 Å². The number of nitrogens with one attached hydrogen (secondary N) is 1. The number of hydrogen-bond donors (Lipinski definition) is 1. The van der Waals surface area contributed by atoms with Crippen LogP contribution in [0.4, 0.5) is 5.69 Å². The summed E-state index contributed by atoms with van der Waals surface area (Å²) < 4.78 is 4.87. The summed E-state index contributed by atoms with van der Waals surface area (Å²) in [5.74, 6) is -0.530. The van der Waals surface area contributed by atoms with Gasteiger partial charge in [-0.15, -0.1) is 11.6 Å². The van der Waals surface area contributed by atoms with Gasteiger partial charge in [-0.3, -0.25) is 14.9 Å². The van der Waals surface area contributed by atoms with Crippen LogP contribution in [0.1, 0.15) is 10.4 Å². The second-order valence-corrected chi connectivity index (χ2v) is 4.39. The van der Waals surface area contributed by atoms with E-state index in [9.17, 15) is 14.9 Å². The van der Waals surface area contributed by atoms with E-state index in [-0.39, 0.29) is 28.8 Å². The Morgan fingerprint density at radius 2 is 2.26 bits per heavy atom. The molecular formula is C11H12Cl2N2O4. The lowest BCUT2D eigenvalue weighted by atomic mass is 10.1. The number of ether oxygens (including phenoxy) is 1. The fourth-order valence-electron chi connectivity index (χ4n) is 1.47. The first-order valence-electron chi connectivity index (χ1n) is 5.30. The number of rotatable bonds is 6. The van der Waals surface area contributed by atoms with Gasteiger partial charge in [-0.2, -0.15) is 0 Å². The summed E-state index contributed by atoms with van der Waals surface area (Å²) in [6.07, 6.45) is 0. The summed E-state index contributed by atoms with van der Waals surface area (Å²) in [7, 11) is 1.46. The van der Waals surface area contributed by atoms with Crippen molar-refractivity contribution in [2.24, 2.45) is 0 Å². The van der Waals surface area contributed by atoms with E-state index in [2.05, 4.69) is 5.32 Å². The minimum atomic E-state index is -0.660. The van der Waals surface area contributed by atoms with Crippen molar-refractivity contribution in [3.05, 3.63) is 38.9 Å². The molecule has 0 aliphatic carbocycles. The number of amides is 1. The van der Waals surface area contributed by atoms with Crippen LogP contribution in [0.25, 0.3) is 0 Å². The Kier molecular flexibility index (Phi) is 6.01. The summed E-state index contributed by atoms with van der Waals surface area (Å²) in [5, 5.41) is 13.4. The molecule has 1 aromatic carbocycles. The number of hydrogen-bond acceptors (Lipinski definition) is 4. The maximum absolute atomic E-state index is 12.0. The van der Waals surface area contributed by atoms with Crippen molar-refractivity contribution in [2.45, 2.75) is 6.04 Å². The van der Waals surface area contributed by atoms with Crippen LogP contribution in [-0.4, -0.2) is 36.5 Å². The molecule has 0 heterocycles. The zero-order valence-electron chi connectivity index (χ0n) is 10.1. The predicted octanol–water partition coefficient (Wildman–Crippen LogP) is 2.23. The average molecular weight is 307 g/mol. The number of nitro groups is 1. The highest BCUT2D eigenvalue weighted by molar-refractivity contribution is 6.34. The Morgan fingerprint density at radius 3 is 2.79 bits per heavy atom. The summed E-state index contributed by atoms with van der Waals surface area (Å²) in [6.45, 7) is 0.202. The molecule has 1 amide bonds. The summed E-state index contributed by atoms with van der Waals surface area (Å²) in [4.78, 5) is 22.2. The van der Waals surface area contributed by atoms with Gasteiger partial charge in [-0.1, -0.05) is 17.7 Å². The van der Waals surface area contributed by atoms with E-state index >= 15 is 0 Å². The van der Waals surface area contributed by atoms with Crippen molar-refractivity contribution in [3.63, 3.8) is 0 Å². The van der Waals surface area contributed by atoms with Gasteiger partial charge in [0.15, 0.2) is 0 Å². The van der Waals surface area contributed by atoms with E-state index in [1.54, 1.807) is 0 Å². The summed E-state index contributed by atoms with van der Waals surface area (Å²) in [5.41, 5.74) is -0.531. The first kappa shape index (κ1) is 15.7. The van der Waals surface area contributed by atoms with Gasteiger partial charge >= 0.3 is 0 Å². The van der Waals surface area contributed by atoms with Gasteiger partial charge in [-0.05, 0) is 6.07 Å². The fourth-order valence-corrected chi connectivity index (χ4v) is 1.89. The highest BCUT2D eigenvalue weighted by Gasteiger charge is 2.24. The van der Waals surface area contributed by atoms with Gasteiger partial charge < -0.3 is 10.1 Å². The Bertz CT molecular complexity index is 482. The Morgan fingerprint density at radius 1 is 1.58 bits per heavy atom. The predicted molar refractivity (Wildman–Crippen MR) is 72.0 cm³/mol. The number of carbonyl (C=O) groups is 1. The average Bonchev–Trinajstić information content (AvgIpc) is 2.37. The molecule has 1 aromatic rings.